The Morgan fingerprint density at radius 2 is 2.24 bits per heavy atom. The van der Waals surface area contributed by atoms with Gasteiger partial charge in [-0.15, -0.1) is 0 Å². The molecular weight excluding hydrogens is 272 g/mol. The van der Waals surface area contributed by atoms with Crippen LogP contribution in [-0.4, -0.2) is 52.6 Å². The molecule has 0 saturated carbocycles. The van der Waals surface area contributed by atoms with E-state index in [4.69, 9.17) is 4.74 Å². The van der Waals surface area contributed by atoms with Crippen molar-refractivity contribution in [1.29, 1.82) is 0 Å². The number of hydrogen-bond acceptors (Lipinski definition) is 5. The van der Waals surface area contributed by atoms with Crippen LogP contribution in [0.1, 0.15) is 35.9 Å². The lowest BCUT2D eigenvalue weighted by Gasteiger charge is -2.32. The number of aromatic nitrogens is 2. The molecule has 0 aliphatic carbocycles. The SMILES string of the molecule is CCOC(=O)N[C@@H]1CCCN(C(=O)c2cnc(C)cn2)C1. The number of nitrogens with zero attached hydrogens (tertiary/aromatic N) is 3. The van der Waals surface area contributed by atoms with E-state index in [-0.39, 0.29) is 11.9 Å². The summed E-state index contributed by atoms with van der Waals surface area (Å²) in [5, 5.41) is 2.77. The van der Waals surface area contributed by atoms with Crippen LogP contribution in [0.4, 0.5) is 4.79 Å². The molecule has 21 heavy (non-hydrogen) atoms. The fourth-order valence-electron chi connectivity index (χ4n) is 2.28. The Bertz CT molecular complexity index is 503. The minimum Gasteiger partial charge on any atom is -0.450 e. The third-order valence-electron chi connectivity index (χ3n) is 3.31. The Morgan fingerprint density at radius 3 is 2.90 bits per heavy atom. The third kappa shape index (κ3) is 4.14. The van der Waals surface area contributed by atoms with E-state index in [0.29, 0.717) is 25.4 Å². The van der Waals surface area contributed by atoms with Gasteiger partial charge in [-0.05, 0) is 26.7 Å². The van der Waals surface area contributed by atoms with E-state index >= 15 is 0 Å². The minimum atomic E-state index is -0.438. The molecule has 1 N–H and O–H groups in total. The van der Waals surface area contributed by atoms with Gasteiger partial charge in [0, 0.05) is 25.3 Å². The first-order valence-corrected chi connectivity index (χ1v) is 7.11. The summed E-state index contributed by atoms with van der Waals surface area (Å²) < 4.78 is 4.86. The van der Waals surface area contributed by atoms with E-state index in [0.717, 1.165) is 18.5 Å². The van der Waals surface area contributed by atoms with Crippen LogP contribution in [0.15, 0.2) is 12.4 Å². The summed E-state index contributed by atoms with van der Waals surface area (Å²) >= 11 is 0. The maximum Gasteiger partial charge on any atom is 0.407 e. The zero-order valence-electron chi connectivity index (χ0n) is 12.3. The number of rotatable bonds is 3. The molecule has 0 aromatic carbocycles. The molecule has 7 heteroatoms. The number of piperidine rings is 1. The Hall–Kier alpha value is -2.18. The molecule has 1 aromatic rings. The highest BCUT2D eigenvalue weighted by atomic mass is 16.5. The van der Waals surface area contributed by atoms with E-state index in [2.05, 4.69) is 15.3 Å². The van der Waals surface area contributed by atoms with Gasteiger partial charge >= 0.3 is 6.09 Å². The van der Waals surface area contributed by atoms with Crippen LogP contribution in [0.5, 0.6) is 0 Å². The van der Waals surface area contributed by atoms with Crippen LogP contribution in [0.3, 0.4) is 0 Å². The molecule has 2 rings (SSSR count). The van der Waals surface area contributed by atoms with E-state index < -0.39 is 6.09 Å². The van der Waals surface area contributed by atoms with Crippen molar-refractivity contribution in [2.45, 2.75) is 32.7 Å². The van der Waals surface area contributed by atoms with Crippen molar-refractivity contribution in [3.8, 4) is 0 Å². The summed E-state index contributed by atoms with van der Waals surface area (Å²) in [6.07, 6.45) is 4.29. The molecule has 0 spiro atoms. The van der Waals surface area contributed by atoms with Crippen LogP contribution < -0.4 is 5.32 Å². The van der Waals surface area contributed by atoms with Gasteiger partial charge in [0.15, 0.2) is 0 Å². The maximum atomic E-state index is 12.3. The summed E-state index contributed by atoms with van der Waals surface area (Å²) in [5.74, 6) is -0.155. The molecule has 7 nitrogen and oxygen atoms in total. The smallest absolute Gasteiger partial charge is 0.407 e. The lowest BCUT2D eigenvalue weighted by Crippen LogP contribution is -2.49. The van der Waals surface area contributed by atoms with Crippen molar-refractivity contribution in [3.05, 3.63) is 23.8 Å². The van der Waals surface area contributed by atoms with Crippen molar-refractivity contribution in [3.63, 3.8) is 0 Å². The first-order chi connectivity index (χ1) is 10.1. The number of hydrogen-bond donors (Lipinski definition) is 1. The van der Waals surface area contributed by atoms with Crippen LogP contribution >= 0.6 is 0 Å². The Labute approximate surface area is 123 Å². The van der Waals surface area contributed by atoms with Crippen molar-refractivity contribution in [1.82, 2.24) is 20.2 Å². The summed E-state index contributed by atoms with van der Waals surface area (Å²) in [7, 11) is 0. The number of likely N-dealkylation sites (tertiary alicyclic amines) is 1. The molecule has 1 aliphatic rings. The summed E-state index contributed by atoms with van der Waals surface area (Å²) in [6.45, 7) is 5.04. The fraction of sp³-hybridized carbons (Fsp3) is 0.571. The Kier molecular flexibility index (Phi) is 5.08. The zero-order chi connectivity index (χ0) is 15.2. The van der Waals surface area contributed by atoms with Gasteiger partial charge in [-0.25, -0.2) is 9.78 Å². The molecule has 2 amide bonds. The number of alkyl carbamates (subject to hydrolysis) is 1. The van der Waals surface area contributed by atoms with Gasteiger partial charge in [0.05, 0.1) is 18.5 Å². The summed E-state index contributed by atoms with van der Waals surface area (Å²) in [4.78, 5) is 33.7. The minimum absolute atomic E-state index is 0.0832. The average molecular weight is 292 g/mol. The molecule has 2 heterocycles. The highest BCUT2D eigenvalue weighted by molar-refractivity contribution is 5.92. The van der Waals surface area contributed by atoms with Gasteiger partial charge in [-0.2, -0.15) is 0 Å². The second-order valence-electron chi connectivity index (χ2n) is 5.00. The van der Waals surface area contributed by atoms with Crippen molar-refractivity contribution in [2.24, 2.45) is 0 Å². The second-order valence-corrected chi connectivity index (χ2v) is 5.00. The predicted molar refractivity (Wildman–Crippen MR) is 75.9 cm³/mol. The molecule has 1 fully saturated rings. The molecule has 1 saturated heterocycles. The molecular formula is C14H20N4O3. The number of carbonyl (C=O) groups excluding carboxylic acids is 2. The van der Waals surface area contributed by atoms with Gasteiger partial charge in [-0.1, -0.05) is 0 Å². The molecule has 0 unspecified atom stereocenters. The first-order valence-electron chi connectivity index (χ1n) is 7.11. The third-order valence-corrected chi connectivity index (χ3v) is 3.31. The normalized spacial score (nSPS) is 18.2. The Morgan fingerprint density at radius 1 is 1.43 bits per heavy atom. The average Bonchev–Trinajstić information content (AvgIpc) is 2.48. The lowest BCUT2D eigenvalue weighted by molar-refractivity contribution is 0.0680. The highest BCUT2D eigenvalue weighted by Crippen LogP contribution is 2.13. The van der Waals surface area contributed by atoms with Gasteiger partial charge in [0.2, 0.25) is 0 Å². The largest absolute Gasteiger partial charge is 0.450 e. The molecule has 114 valence electrons. The fourth-order valence-corrected chi connectivity index (χ4v) is 2.28. The summed E-state index contributed by atoms with van der Waals surface area (Å²) in [5.41, 5.74) is 1.10. The van der Waals surface area contributed by atoms with Gasteiger partial charge in [-0.3, -0.25) is 9.78 Å². The molecule has 0 radical (unpaired) electrons. The van der Waals surface area contributed by atoms with Crippen molar-refractivity contribution >= 4 is 12.0 Å². The molecule has 1 aromatic heterocycles. The summed E-state index contributed by atoms with van der Waals surface area (Å²) in [6, 6.07) is -0.0832. The standard InChI is InChI=1S/C14H20N4O3/c1-3-21-14(20)17-11-5-4-6-18(9-11)13(19)12-8-15-10(2)7-16-12/h7-8,11H,3-6,9H2,1-2H3,(H,17,20)/t11-/m1/s1. The number of amides is 2. The van der Waals surface area contributed by atoms with Crippen LogP contribution in [0.25, 0.3) is 0 Å². The van der Waals surface area contributed by atoms with Crippen LogP contribution in [-0.2, 0) is 4.74 Å². The monoisotopic (exact) mass is 292 g/mol. The van der Waals surface area contributed by atoms with E-state index in [1.807, 2.05) is 6.92 Å². The number of aryl methyl sites for hydroxylation is 1. The molecule has 1 atom stereocenters. The van der Waals surface area contributed by atoms with Crippen molar-refractivity contribution < 1.29 is 14.3 Å². The zero-order valence-corrected chi connectivity index (χ0v) is 12.3. The van der Waals surface area contributed by atoms with Gasteiger partial charge < -0.3 is 15.0 Å². The predicted octanol–water partition coefficient (Wildman–Crippen LogP) is 1.14. The topological polar surface area (TPSA) is 84.4 Å². The van der Waals surface area contributed by atoms with Gasteiger partial charge in [0.1, 0.15) is 5.69 Å². The van der Waals surface area contributed by atoms with E-state index in [9.17, 15) is 9.59 Å². The van der Waals surface area contributed by atoms with E-state index in [1.165, 1.54) is 6.20 Å². The number of ether oxygens (including phenoxy) is 1. The van der Waals surface area contributed by atoms with Crippen molar-refractivity contribution in [2.75, 3.05) is 19.7 Å². The highest BCUT2D eigenvalue weighted by Gasteiger charge is 2.26. The van der Waals surface area contributed by atoms with Gasteiger partial charge in [0.25, 0.3) is 5.91 Å². The quantitative estimate of drug-likeness (QED) is 0.903. The number of carbonyl (C=O) groups is 2. The van der Waals surface area contributed by atoms with Crippen LogP contribution in [0.2, 0.25) is 0 Å². The molecule has 0 bridgehead atoms. The number of nitrogens with one attached hydrogen (secondary N) is 1. The Balaban J connectivity index is 1.95. The second kappa shape index (κ2) is 7.01. The van der Waals surface area contributed by atoms with E-state index in [1.54, 1.807) is 18.0 Å². The first kappa shape index (κ1) is 15.2. The lowest BCUT2D eigenvalue weighted by atomic mass is 10.1. The maximum absolute atomic E-state index is 12.3. The molecule has 1 aliphatic heterocycles. The van der Waals surface area contributed by atoms with Crippen LogP contribution in [0, 0.1) is 6.92 Å².